The number of fused-ring (bicyclic) bond motifs is 1. The molecule has 0 bridgehead atoms. The molecule has 0 aliphatic carbocycles. The van der Waals surface area contributed by atoms with Crippen molar-refractivity contribution < 1.29 is 35.0 Å². The third kappa shape index (κ3) is 2.42. The van der Waals surface area contributed by atoms with Crippen LogP contribution in [0.1, 0.15) is 17.2 Å². The van der Waals surface area contributed by atoms with E-state index in [1.54, 1.807) is 0 Å². The predicted octanol–water partition coefficient (Wildman–Crippen LogP) is 2.55. The highest BCUT2D eigenvalue weighted by atomic mass is 16.5. The summed E-state index contributed by atoms with van der Waals surface area (Å²) >= 11 is 0. The van der Waals surface area contributed by atoms with Gasteiger partial charge in [-0.1, -0.05) is 0 Å². The Bertz CT molecular complexity index is 811. The minimum Gasteiger partial charge on any atom is -0.508 e. The van der Waals surface area contributed by atoms with Crippen LogP contribution in [0.15, 0.2) is 30.0 Å². The number of hydrogen-bond acceptors (Lipinski definition) is 7. The molecule has 1 aliphatic rings. The number of aromatic hydroxyl groups is 4. The van der Waals surface area contributed by atoms with Gasteiger partial charge in [0.25, 0.3) is 0 Å². The van der Waals surface area contributed by atoms with Crippen molar-refractivity contribution in [2.75, 3.05) is 7.11 Å². The first-order valence-electron chi connectivity index (χ1n) is 6.63. The molecule has 1 heterocycles. The van der Waals surface area contributed by atoms with Gasteiger partial charge in [0.05, 0.1) is 12.7 Å². The first-order chi connectivity index (χ1) is 10.9. The van der Waals surface area contributed by atoms with Crippen LogP contribution in [-0.4, -0.2) is 32.6 Å². The molecule has 0 amide bonds. The number of hydrogen-bond donors (Lipinski definition) is 5. The van der Waals surface area contributed by atoms with E-state index in [4.69, 9.17) is 9.47 Å². The van der Waals surface area contributed by atoms with Gasteiger partial charge in [-0.25, -0.2) is 0 Å². The average Bonchev–Trinajstić information content (AvgIpc) is 2.50. The molecule has 0 fully saturated rings. The van der Waals surface area contributed by atoms with Crippen LogP contribution in [0.2, 0.25) is 0 Å². The Morgan fingerprint density at radius 3 is 2.39 bits per heavy atom. The van der Waals surface area contributed by atoms with Crippen molar-refractivity contribution in [3.8, 4) is 34.5 Å². The van der Waals surface area contributed by atoms with Crippen molar-refractivity contribution in [2.45, 2.75) is 6.10 Å². The Labute approximate surface area is 130 Å². The fourth-order valence-electron chi connectivity index (χ4n) is 2.41. The molecule has 5 N–H and O–H groups in total. The highest BCUT2D eigenvalue weighted by Gasteiger charge is 2.28. The summed E-state index contributed by atoms with van der Waals surface area (Å²) < 4.78 is 10.6. The van der Waals surface area contributed by atoms with Crippen LogP contribution < -0.4 is 9.47 Å². The van der Waals surface area contributed by atoms with Crippen LogP contribution in [0.3, 0.4) is 0 Å². The molecule has 0 radical (unpaired) electrons. The summed E-state index contributed by atoms with van der Waals surface area (Å²) in [5.41, 5.74) is 0.547. The lowest BCUT2D eigenvalue weighted by molar-refractivity contribution is 0.173. The quantitative estimate of drug-likeness (QED) is 0.540. The molecular weight excluding hydrogens is 304 g/mol. The van der Waals surface area contributed by atoms with E-state index in [1.807, 2.05) is 0 Å². The van der Waals surface area contributed by atoms with E-state index in [-0.39, 0.29) is 34.3 Å². The number of aliphatic hydroxyl groups is 1. The van der Waals surface area contributed by atoms with Gasteiger partial charge in [-0.3, -0.25) is 0 Å². The monoisotopic (exact) mass is 318 g/mol. The summed E-state index contributed by atoms with van der Waals surface area (Å²) in [6, 6.07) is 5.04. The molecule has 7 nitrogen and oxygen atoms in total. The van der Waals surface area contributed by atoms with Crippen molar-refractivity contribution in [1.29, 1.82) is 0 Å². The minimum atomic E-state index is -0.996. The first-order valence-corrected chi connectivity index (χ1v) is 6.63. The maximum absolute atomic E-state index is 10.2. The van der Waals surface area contributed by atoms with Gasteiger partial charge in [0.15, 0.2) is 17.6 Å². The molecule has 2 aromatic carbocycles. The van der Waals surface area contributed by atoms with Gasteiger partial charge in [0, 0.05) is 17.7 Å². The van der Waals surface area contributed by atoms with E-state index in [2.05, 4.69) is 0 Å². The third-order valence-corrected chi connectivity index (χ3v) is 3.51. The molecule has 1 aliphatic heterocycles. The largest absolute Gasteiger partial charge is 0.508 e. The third-order valence-electron chi connectivity index (χ3n) is 3.51. The van der Waals surface area contributed by atoms with Gasteiger partial charge >= 0.3 is 0 Å². The fraction of sp³-hybridized carbons (Fsp3) is 0.125. The second-order valence-electron chi connectivity index (χ2n) is 5.03. The van der Waals surface area contributed by atoms with Gasteiger partial charge in [-0.05, 0) is 18.2 Å². The van der Waals surface area contributed by atoms with Crippen molar-refractivity contribution >= 4 is 6.08 Å². The summed E-state index contributed by atoms with van der Waals surface area (Å²) in [6.07, 6.45) is 0.304. The lowest BCUT2D eigenvalue weighted by atomic mass is 10.0. The van der Waals surface area contributed by atoms with Crippen LogP contribution in [0, 0.1) is 0 Å². The van der Waals surface area contributed by atoms with E-state index >= 15 is 0 Å². The Morgan fingerprint density at radius 2 is 1.70 bits per heavy atom. The number of rotatable bonds is 2. The number of phenolic OH excluding ortho intramolecular Hbond substituents is 4. The highest BCUT2D eigenvalue weighted by Crippen LogP contribution is 2.45. The minimum absolute atomic E-state index is 0.0148. The SMILES string of the molecule is COc1cc(C2Oc3cc(O)cc(O)c3C=C2O)cc(O)c1O. The van der Waals surface area contributed by atoms with Crippen LogP contribution in [0.4, 0.5) is 0 Å². The molecule has 23 heavy (non-hydrogen) atoms. The highest BCUT2D eigenvalue weighted by molar-refractivity contribution is 5.69. The van der Waals surface area contributed by atoms with Crippen molar-refractivity contribution in [3.63, 3.8) is 0 Å². The standard InChI is InChI=1S/C16H14O7/c1-22-14-3-7(2-11(19)15(14)21)16-12(20)6-9-10(18)4-8(17)5-13(9)23-16/h2-6,16-21H,1H3. The van der Waals surface area contributed by atoms with Crippen molar-refractivity contribution in [2.24, 2.45) is 0 Å². The lowest BCUT2D eigenvalue weighted by Gasteiger charge is -2.25. The van der Waals surface area contributed by atoms with Gasteiger partial charge in [-0.15, -0.1) is 0 Å². The lowest BCUT2D eigenvalue weighted by Crippen LogP contribution is -2.14. The Hall–Kier alpha value is -3.22. The zero-order valence-corrected chi connectivity index (χ0v) is 12.0. The molecule has 0 aromatic heterocycles. The van der Waals surface area contributed by atoms with Gasteiger partial charge in [0.2, 0.25) is 5.75 Å². The molecule has 0 saturated carbocycles. The summed E-state index contributed by atoms with van der Waals surface area (Å²) in [5, 5.41) is 48.9. The first kappa shape index (κ1) is 14.7. The van der Waals surface area contributed by atoms with Crippen LogP contribution in [0.5, 0.6) is 34.5 Å². The summed E-state index contributed by atoms with van der Waals surface area (Å²) in [4.78, 5) is 0. The van der Waals surface area contributed by atoms with E-state index in [0.29, 0.717) is 5.56 Å². The molecule has 1 atom stereocenters. The Balaban J connectivity index is 2.08. The van der Waals surface area contributed by atoms with Gasteiger partial charge < -0.3 is 35.0 Å². The van der Waals surface area contributed by atoms with E-state index < -0.39 is 17.6 Å². The Morgan fingerprint density at radius 1 is 0.957 bits per heavy atom. The zero-order valence-electron chi connectivity index (χ0n) is 12.0. The van der Waals surface area contributed by atoms with Crippen LogP contribution in [-0.2, 0) is 0 Å². The number of phenols is 4. The summed E-state index contributed by atoms with van der Waals surface area (Å²) in [6.45, 7) is 0. The number of benzene rings is 2. The molecule has 7 heteroatoms. The summed E-state index contributed by atoms with van der Waals surface area (Å²) in [7, 11) is 1.32. The van der Waals surface area contributed by atoms with Crippen LogP contribution >= 0.6 is 0 Å². The second-order valence-corrected chi connectivity index (χ2v) is 5.03. The number of aliphatic hydroxyl groups excluding tert-OH is 1. The fourth-order valence-corrected chi connectivity index (χ4v) is 2.41. The van der Waals surface area contributed by atoms with E-state index in [1.165, 1.54) is 31.4 Å². The summed E-state index contributed by atoms with van der Waals surface area (Å²) in [5.74, 6) is -1.33. The maximum Gasteiger partial charge on any atom is 0.200 e. The average molecular weight is 318 g/mol. The zero-order chi connectivity index (χ0) is 16.7. The van der Waals surface area contributed by atoms with Crippen LogP contribution in [0.25, 0.3) is 6.08 Å². The normalized spacial score (nSPS) is 16.2. The Kier molecular flexibility index (Phi) is 3.33. The molecule has 120 valence electrons. The van der Waals surface area contributed by atoms with E-state index in [0.717, 1.165) is 6.07 Å². The number of methoxy groups -OCH3 is 1. The topological polar surface area (TPSA) is 120 Å². The predicted molar refractivity (Wildman–Crippen MR) is 80.1 cm³/mol. The number of ether oxygens (including phenoxy) is 2. The van der Waals surface area contributed by atoms with Gasteiger partial charge in [0.1, 0.15) is 23.0 Å². The molecule has 3 rings (SSSR count). The molecule has 0 saturated heterocycles. The molecule has 0 spiro atoms. The van der Waals surface area contributed by atoms with Crippen molar-refractivity contribution in [3.05, 3.63) is 41.2 Å². The van der Waals surface area contributed by atoms with E-state index in [9.17, 15) is 25.5 Å². The molecular formula is C16H14O7. The van der Waals surface area contributed by atoms with Crippen molar-refractivity contribution in [1.82, 2.24) is 0 Å². The smallest absolute Gasteiger partial charge is 0.200 e. The molecule has 1 unspecified atom stereocenters. The second kappa shape index (κ2) is 5.20. The maximum atomic E-state index is 10.2. The van der Waals surface area contributed by atoms with Gasteiger partial charge in [-0.2, -0.15) is 0 Å². The molecule has 2 aromatic rings.